The van der Waals surface area contributed by atoms with E-state index in [2.05, 4.69) is 36.0 Å². The average Bonchev–Trinajstić information content (AvgIpc) is 2.21. The predicted octanol–water partition coefficient (Wildman–Crippen LogP) is 3.24. The number of allylic oxidation sites excluding steroid dienone is 4. The zero-order valence-corrected chi connectivity index (χ0v) is 9.16. The number of hydrogen-bond acceptors (Lipinski definition) is 2. The van der Waals surface area contributed by atoms with Crippen molar-refractivity contribution >= 4 is 5.97 Å². The Morgan fingerprint density at radius 1 is 1.21 bits per heavy atom. The van der Waals surface area contributed by atoms with Crippen molar-refractivity contribution < 1.29 is 9.53 Å². The number of esters is 1. The summed E-state index contributed by atoms with van der Waals surface area (Å²) < 4.78 is 4.54. The molecule has 0 spiro atoms. The van der Waals surface area contributed by atoms with Gasteiger partial charge in [-0.1, -0.05) is 31.2 Å². The molecule has 80 valence electrons. The van der Waals surface area contributed by atoms with E-state index in [1.165, 1.54) is 7.11 Å². The molecule has 0 N–H and O–H groups in total. The number of hydrogen-bond donors (Lipinski definition) is 0. The first kappa shape index (κ1) is 12.9. The molecule has 0 saturated heterocycles. The van der Waals surface area contributed by atoms with Gasteiger partial charge in [0.25, 0.3) is 0 Å². The molecule has 0 saturated carbocycles. The largest absolute Gasteiger partial charge is 0.469 e. The smallest absolute Gasteiger partial charge is 0.305 e. The first-order chi connectivity index (χ1) is 6.81. The van der Waals surface area contributed by atoms with Gasteiger partial charge in [0.1, 0.15) is 0 Å². The molecule has 0 amide bonds. The second kappa shape index (κ2) is 10.0. The van der Waals surface area contributed by atoms with E-state index in [0.717, 1.165) is 25.7 Å². The first-order valence-corrected chi connectivity index (χ1v) is 5.18. The van der Waals surface area contributed by atoms with E-state index >= 15 is 0 Å². The second-order valence-corrected chi connectivity index (χ2v) is 3.06. The van der Waals surface area contributed by atoms with Crippen LogP contribution in [0, 0.1) is 0 Å². The van der Waals surface area contributed by atoms with Crippen LogP contribution in [0.5, 0.6) is 0 Å². The zero-order chi connectivity index (χ0) is 10.6. The van der Waals surface area contributed by atoms with Crippen LogP contribution in [0.25, 0.3) is 0 Å². The minimum atomic E-state index is -0.121. The molecule has 2 nitrogen and oxygen atoms in total. The molecule has 0 rings (SSSR count). The quantitative estimate of drug-likeness (QED) is 0.355. The van der Waals surface area contributed by atoms with Gasteiger partial charge in [-0.25, -0.2) is 0 Å². The third kappa shape index (κ3) is 9.04. The van der Waals surface area contributed by atoms with Gasteiger partial charge in [-0.05, 0) is 25.7 Å². The molecule has 0 heterocycles. The molecule has 0 aromatic heterocycles. The van der Waals surface area contributed by atoms with Gasteiger partial charge in [0.2, 0.25) is 0 Å². The van der Waals surface area contributed by atoms with Crippen LogP contribution >= 0.6 is 0 Å². The summed E-state index contributed by atoms with van der Waals surface area (Å²) in [5.74, 6) is -0.121. The van der Waals surface area contributed by atoms with Crippen LogP contribution in [-0.4, -0.2) is 13.1 Å². The summed E-state index contributed by atoms with van der Waals surface area (Å²) in [6.45, 7) is 2.12. The number of carbonyl (C=O) groups excluding carboxylic acids is 1. The van der Waals surface area contributed by atoms with Gasteiger partial charge >= 0.3 is 5.97 Å². The SMILES string of the molecule is CC/C=C\C/C=C\CCCC(=O)OC. The van der Waals surface area contributed by atoms with Gasteiger partial charge in [-0.3, -0.25) is 4.79 Å². The molecular formula is C12H20O2. The molecule has 0 aliphatic heterocycles. The van der Waals surface area contributed by atoms with Gasteiger partial charge in [0, 0.05) is 6.42 Å². The predicted molar refractivity (Wildman–Crippen MR) is 59.1 cm³/mol. The molecular weight excluding hydrogens is 176 g/mol. The van der Waals surface area contributed by atoms with Crippen molar-refractivity contribution in [1.29, 1.82) is 0 Å². The topological polar surface area (TPSA) is 26.3 Å². The summed E-state index contributed by atoms with van der Waals surface area (Å²) in [6, 6.07) is 0. The van der Waals surface area contributed by atoms with Crippen LogP contribution < -0.4 is 0 Å². The highest BCUT2D eigenvalue weighted by Gasteiger charge is 1.96. The minimum Gasteiger partial charge on any atom is -0.469 e. The normalized spacial score (nSPS) is 11.3. The fourth-order valence-electron chi connectivity index (χ4n) is 1.02. The van der Waals surface area contributed by atoms with Crippen molar-refractivity contribution in [3.05, 3.63) is 24.3 Å². The lowest BCUT2D eigenvalue weighted by Gasteiger charge is -1.95. The van der Waals surface area contributed by atoms with Crippen LogP contribution in [0.1, 0.15) is 39.0 Å². The number of ether oxygens (including phenoxy) is 1. The van der Waals surface area contributed by atoms with Crippen LogP contribution in [0.4, 0.5) is 0 Å². The summed E-state index contributed by atoms with van der Waals surface area (Å²) in [6.07, 6.45) is 13.0. The summed E-state index contributed by atoms with van der Waals surface area (Å²) in [7, 11) is 1.42. The van der Waals surface area contributed by atoms with Crippen LogP contribution in [0.2, 0.25) is 0 Å². The maximum absolute atomic E-state index is 10.7. The van der Waals surface area contributed by atoms with Crippen LogP contribution in [0.15, 0.2) is 24.3 Å². The molecule has 0 radical (unpaired) electrons. The van der Waals surface area contributed by atoms with Crippen LogP contribution in [-0.2, 0) is 9.53 Å². The lowest BCUT2D eigenvalue weighted by atomic mass is 10.2. The molecule has 2 heteroatoms. The molecule has 0 bridgehead atoms. The molecule has 0 atom stereocenters. The van der Waals surface area contributed by atoms with E-state index in [-0.39, 0.29) is 5.97 Å². The number of unbranched alkanes of at least 4 members (excludes halogenated alkanes) is 1. The van der Waals surface area contributed by atoms with E-state index in [9.17, 15) is 4.79 Å². The Hall–Kier alpha value is -1.05. The van der Waals surface area contributed by atoms with Crippen molar-refractivity contribution in [2.75, 3.05) is 7.11 Å². The fraction of sp³-hybridized carbons (Fsp3) is 0.583. The number of methoxy groups -OCH3 is 1. The Bertz CT molecular complexity index is 192. The number of rotatable bonds is 7. The fourth-order valence-corrected chi connectivity index (χ4v) is 1.02. The average molecular weight is 196 g/mol. The van der Waals surface area contributed by atoms with Crippen molar-refractivity contribution in [3.8, 4) is 0 Å². The third-order valence-corrected chi connectivity index (χ3v) is 1.82. The maximum atomic E-state index is 10.7. The van der Waals surface area contributed by atoms with Crippen LogP contribution in [0.3, 0.4) is 0 Å². The lowest BCUT2D eigenvalue weighted by Crippen LogP contribution is -1.98. The standard InChI is InChI=1S/C12H20O2/c1-3-4-5-6-7-8-9-10-11-12(13)14-2/h4-5,7-8H,3,6,9-11H2,1-2H3/b5-4-,8-7-. The van der Waals surface area contributed by atoms with Gasteiger partial charge in [0.05, 0.1) is 7.11 Å². The van der Waals surface area contributed by atoms with Crippen molar-refractivity contribution in [1.82, 2.24) is 0 Å². The summed E-state index contributed by atoms with van der Waals surface area (Å²) in [5.41, 5.74) is 0. The zero-order valence-electron chi connectivity index (χ0n) is 9.16. The molecule has 14 heavy (non-hydrogen) atoms. The second-order valence-electron chi connectivity index (χ2n) is 3.06. The van der Waals surface area contributed by atoms with Gasteiger partial charge < -0.3 is 4.74 Å². The molecule has 0 unspecified atom stereocenters. The van der Waals surface area contributed by atoms with Gasteiger partial charge in [0.15, 0.2) is 0 Å². The Balaban J connectivity index is 3.27. The Morgan fingerprint density at radius 2 is 1.93 bits per heavy atom. The van der Waals surface area contributed by atoms with E-state index in [1.807, 2.05) is 0 Å². The van der Waals surface area contributed by atoms with Crippen molar-refractivity contribution in [2.24, 2.45) is 0 Å². The van der Waals surface area contributed by atoms with E-state index in [4.69, 9.17) is 0 Å². The first-order valence-electron chi connectivity index (χ1n) is 5.18. The summed E-state index contributed by atoms with van der Waals surface area (Å²) >= 11 is 0. The maximum Gasteiger partial charge on any atom is 0.305 e. The summed E-state index contributed by atoms with van der Waals surface area (Å²) in [5, 5.41) is 0. The highest BCUT2D eigenvalue weighted by atomic mass is 16.5. The molecule has 0 aliphatic carbocycles. The minimum absolute atomic E-state index is 0.121. The van der Waals surface area contributed by atoms with Crippen molar-refractivity contribution in [3.63, 3.8) is 0 Å². The van der Waals surface area contributed by atoms with E-state index in [0.29, 0.717) is 6.42 Å². The van der Waals surface area contributed by atoms with Gasteiger partial charge in [-0.2, -0.15) is 0 Å². The number of carbonyl (C=O) groups is 1. The highest BCUT2D eigenvalue weighted by molar-refractivity contribution is 5.68. The Labute approximate surface area is 86.6 Å². The molecule has 0 fully saturated rings. The van der Waals surface area contributed by atoms with Crippen molar-refractivity contribution in [2.45, 2.75) is 39.0 Å². The lowest BCUT2D eigenvalue weighted by molar-refractivity contribution is -0.140. The third-order valence-electron chi connectivity index (χ3n) is 1.82. The highest BCUT2D eigenvalue weighted by Crippen LogP contribution is 1.99. The Morgan fingerprint density at radius 3 is 2.57 bits per heavy atom. The Kier molecular flexibility index (Phi) is 9.28. The molecule has 0 aromatic rings. The summed E-state index contributed by atoms with van der Waals surface area (Å²) in [4.78, 5) is 10.7. The van der Waals surface area contributed by atoms with E-state index in [1.54, 1.807) is 0 Å². The van der Waals surface area contributed by atoms with E-state index < -0.39 is 0 Å². The molecule has 0 aliphatic rings. The van der Waals surface area contributed by atoms with Gasteiger partial charge in [-0.15, -0.1) is 0 Å². The monoisotopic (exact) mass is 196 g/mol. The molecule has 0 aromatic carbocycles.